The normalized spacial score (nSPS) is 17.5. The Balaban J connectivity index is 1.86. The zero-order valence-corrected chi connectivity index (χ0v) is 20.1. The van der Waals surface area contributed by atoms with Gasteiger partial charge in [0.25, 0.3) is 0 Å². The Kier molecular flexibility index (Phi) is 8.43. The summed E-state index contributed by atoms with van der Waals surface area (Å²) in [5.41, 5.74) is 2.71. The third-order valence-corrected chi connectivity index (χ3v) is 6.68. The Morgan fingerprint density at radius 1 is 0.970 bits per heavy atom. The third-order valence-electron chi connectivity index (χ3n) is 6.68. The summed E-state index contributed by atoms with van der Waals surface area (Å²) in [4.78, 5) is 12.0. The smallest absolute Gasteiger partial charge is 0.287 e. The lowest BCUT2D eigenvalue weighted by Gasteiger charge is -2.38. The average Bonchev–Trinajstić information content (AvgIpc) is 3.00. The summed E-state index contributed by atoms with van der Waals surface area (Å²) in [5.74, 6) is -0.381. The maximum absolute atomic E-state index is 14.5. The maximum Gasteiger partial charge on any atom is 0.409 e. The predicted octanol–water partition coefficient (Wildman–Crippen LogP) is 7.64. The van der Waals surface area contributed by atoms with Gasteiger partial charge in [-0.2, -0.15) is 18.2 Å². The fourth-order valence-electron chi connectivity index (χ4n) is 5.01. The van der Waals surface area contributed by atoms with Crippen LogP contribution in [0.1, 0.15) is 95.7 Å². The quantitative estimate of drug-likeness (QED) is 0.348. The summed E-state index contributed by atoms with van der Waals surface area (Å²) in [7, 11) is 0. The molecule has 1 amide bonds. The molecule has 2 aromatic carbocycles. The fourth-order valence-corrected chi connectivity index (χ4v) is 5.01. The number of rotatable bonds is 11. The van der Waals surface area contributed by atoms with E-state index in [0.717, 1.165) is 35.2 Å². The van der Waals surface area contributed by atoms with Crippen LogP contribution in [0.25, 0.3) is 10.8 Å². The van der Waals surface area contributed by atoms with Crippen LogP contribution < -0.4 is 5.43 Å². The van der Waals surface area contributed by atoms with Crippen LogP contribution in [-0.4, -0.2) is 22.6 Å². The standard InChI is InChI=1S/C27H37F3N2O/c1-4-5-6-7-8-9-10-11-14-20-15-12-16-21-17-13-18-22(24(20)21)25(27(28,29)30)32-26(2,3)19-23(33)31-32/h12-13,15-18,25H,4-11,14,19H2,1-3H3,(H,31,33)/t25-/m0/s1. The Morgan fingerprint density at radius 2 is 1.58 bits per heavy atom. The lowest BCUT2D eigenvalue weighted by atomic mass is 9.90. The fraction of sp³-hybridized carbons (Fsp3) is 0.593. The van der Waals surface area contributed by atoms with E-state index in [1.165, 1.54) is 38.5 Å². The number of carbonyl (C=O) groups excluding carboxylic acids is 1. The molecule has 1 aliphatic heterocycles. The van der Waals surface area contributed by atoms with Crippen molar-refractivity contribution in [2.24, 2.45) is 0 Å². The Hall–Kier alpha value is -2.08. The van der Waals surface area contributed by atoms with Gasteiger partial charge in [0, 0.05) is 12.0 Å². The summed E-state index contributed by atoms with van der Waals surface area (Å²) in [6.45, 7) is 5.56. The number of halogens is 3. The molecule has 0 aromatic heterocycles. The zero-order valence-electron chi connectivity index (χ0n) is 20.1. The second kappa shape index (κ2) is 10.9. The van der Waals surface area contributed by atoms with E-state index in [2.05, 4.69) is 12.3 Å². The molecule has 33 heavy (non-hydrogen) atoms. The molecule has 3 rings (SSSR count). The average molecular weight is 463 g/mol. The summed E-state index contributed by atoms with van der Waals surface area (Å²) >= 11 is 0. The Bertz CT molecular complexity index is 933. The molecular formula is C27H37F3N2O. The Morgan fingerprint density at radius 3 is 2.15 bits per heavy atom. The number of nitrogens with zero attached hydrogens (tertiary/aromatic N) is 1. The first-order valence-electron chi connectivity index (χ1n) is 12.3. The van der Waals surface area contributed by atoms with Crippen molar-refractivity contribution in [3.8, 4) is 0 Å². The van der Waals surface area contributed by atoms with Crippen LogP contribution in [-0.2, 0) is 11.2 Å². The number of aryl methyl sites for hydroxylation is 1. The molecule has 0 spiro atoms. The molecule has 1 heterocycles. The molecule has 1 atom stereocenters. The van der Waals surface area contributed by atoms with E-state index < -0.39 is 17.8 Å². The molecule has 1 fully saturated rings. The van der Waals surface area contributed by atoms with E-state index in [4.69, 9.17) is 0 Å². The number of benzene rings is 2. The highest BCUT2D eigenvalue weighted by molar-refractivity contribution is 5.89. The van der Waals surface area contributed by atoms with Gasteiger partial charge in [-0.05, 0) is 48.6 Å². The van der Waals surface area contributed by atoms with Gasteiger partial charge in [0.2, 0.25) is 5.91 Å². The predicted molar refractivity (Wildman–Crippen MR) is 128 cm³/mol. The number of amides is 1. The van der Waals surface area contributed by atoms with Crippen LogP contribution in [0.5, 0.6) is 0 Å². The van der Waals surface area contributed by atoms with Gasteiger partial charge in [-0.25, -0.2) is 0 Å². The van der Waals surface area contributed by atoms with Crippen molar-refractivity contribution in [2.75, 3.05) is 0 Å². The van der Waals surface area contributed by atoms with Gasteiger partial charge in [-0.1, -0.05) is 88.3 Å². The molecule has 1 saturated heterocycles. The molecule has 1 aliphatic rings. The lowest BCUT2D eigenvalue weighted by Crippen LogP contribution is -2.51. The van der Waals surface area contributed by atoms with Crippen LogP contribution in [0, 0.1) is 0 Å². The minimum absolute atomic E-state index is 0.0372. The number of fused-ring (bicyclic) bond motifs is 1. The van der Waals surface area contributed by atoms with Gasteiger partial charge in [-0.3, -0.25) is 10.2 Å². The van der Waals surface area contributed by atoms with E-state index >= 15 is 0 Å². The number of hydrogen-bond donors (Lipinski definition) is 1. The van der Waals surface area contributed by atoms with E-state index in [1.54, 1.807) is 26.0 Å². The van der Waals surface area contributed by atoms with Gasteiger partial charge in [0.1, 0.15) is 0 Å². The minimum Gasteiger partial charge on any atom is -0.287 e. The lowest BCUT2D eigenvalue weighted by molar-refractivity contribution is -0.203. The van der Waals surface area contributed by atoms with E-state index in [-0.39, 0.29) is 17.9 Å². The largest absolute Gasteiger partial charge is 0.409 e. The van der Waals surface area contributed by atoms with Crippen LogP contribution in [0.4, 0.5) is 13.2 Å². The molecule has 0 bridgehead atoms. The monoisotopic (exact) mass is 462 g/mol. The zero-order chi connectivity index (χ0) is 24.1. The van der Waals surface area contributed by atoms with Crippen molar-refractivity contribution in [3.05, 3.63) is 47.5 Å². The summed E-state index contributed by atoms with van der Waals surface area (Å²) in [6.07, 6.45) is 5.76. The molecule has 3 nitrogen and oxygen atoms in total. The van der Waals surface area contributed by atoms with Crippen molar-refractivity contribution >= 4 is 16.7 Å². The molecular weight excluding hydrogens is 425 g/mol. The number of carbonyl (C=O) groups is 1. The molecule has 182 valence electrons. The molecule has 0 aliphatic carbocycles. The molecule has 0 unspecified atom stereocenters. The number of alkyl halides is 3. The SMILES string of the molecule is CCCCCCCCCCc1cccc2cccc([C@H](N3NC(=O)CC3(C)C)C(F)(F)F)c12. The van der Waals surface area contributed by atoms with Crippen molar-refractivity contribution in [1.82, 2.24) is 10.4 Å². The minimum atomic E-state index is -4.53. The first kappa shape index (κ1) is 25.5. The second-order valence-corrected chi connectivity index (χ2v) is 9.93. The van der Waals surface area contributed by atoms with E-state index in [0.29, 0.717) is 5.39 Å². The molecule has 1 N–H and O–H groups in total. The van der Waals surface area contributed by atoms with Crippen LogP contribution in [0.15, 0.2) is 36.4 Å². The Labute approximate surface area is 195 Å². The number of hydrazine groups is 1. The highest BCUT2D eigenvalue weighted by Gasteiger charge is 2.53. The molecule has 2 aromatic rings. The summed E-state index contributed by atoms with van der Waals surface area (Å²) < 4.78 is 43.4. The van der Waals surface area contributed by atoms with Crippen molar-refractivity contribution in [3.63, 3.8) is 0 Å². The van der Waals surface area contributed by atoms with Crippen molar-refractivity contribution in [2.45, 2.75) is 103 Å². The van der Waals surface area contributed by atoms with E-state index in [1.807, 2.05) is 24.3 Å². The highest BCUT2D eigenvalue weighted by atomic mass is 19.4. The molecule has 0 saturated carbocycles. The maximum atomic E-state index is 14.5. The molecule has 6 heteroatoms. The summed E-state index contributed by atoms with van der Waals surface area (Å²) in [5, 5.41) is 2.58. The van der Waals surface area contributed by atoms with Crippen LogP contribution >= 0.6 is 0 Å². The third kappa shape index (κ3) is 6.28. The van der Waals surface area contributed by atoms with Gasteiger partial charge < -0.3 is 0 Å². The van der Waals surface area contributed by atoms with Gasteiger partial charge >= 0.3 is 6.18 Å². The van der Waals surface area contributed by atoms with Crippen molar-refractivity contribution < 1.29 is 18.0 Å². The van der Waals surface area contributed by atoms with Gasteiger partial charge in [-0.15, -0.1) is 0 Å². The topological polar surface area (TPSA) is 32.3 Å². The number of nitrogens with one attached hydrogen (secondary N) is 1. The summed E-state index contributed by atoms with van der Waals surface area (Å²) in [6, 6.07) is 8.97. The van der Waals surface area contributed by atoms with Crippen LogP contribution in [0.3, 0.4) is 0 Å². The first-order valence-corrected chi connectivity index (χ1v) is 12.3. The molecule has 0 radical (unpaired) electrons. The van der Waals surface area contributed by atoms with Crippen molar-refractivity contribution in [1.29, 1.82) is 0 Å². The van der Waals surface area contributed by atoms with Gasteiger partial charge in [0.15, 0.2) is 6.04 Å². The van der Waals surface area contributed by atoms with Crippen LogP contribution in [0.2, 0.25) is 0 Å². The highest BCUT2D eigenvalue weighted by Crippen LogP contribution is 2.45. The first-order chi connectivity index (χ1) is 15.6. The van der Waals surface area contributed by atoms with E-state index in [9.17, 15) is 18.0 Å². The second-order valence-electron chi connectivity index (χ2n) is 9.93. The number of unbranched alkanes of at least 4 members (excludes halogenated alkanes) is 7. The number of hydrogen-bond acceptors (Lipinski definition) is 2. The van der Waals surface area contributed by atoms with Gasteiger partial charge in [0.05, 0.1) is 0 Å².